The Kier molecular flexibility index (Phi) is 6.66. The molecule has 140 valence electrons. The standard InChI is InChI=1S/C17H26N2O5S/c1-3-24-14-10-8-13(9-11-14)19(25(2,22)23)12-17(21)18-15-6-4-5-7-16(15)20/h8-11,15-16,20H,3-7,12H2,1-2H3,(H,18,21)/t15-,16-/m1/s1. The number of carbonyl (C=O) groups excluding carboxylic acids is 1. The third-order valence-electron chi connectivity index (χ3n) is 4.20. The number of hydrogen-bond acceptors (Lipinski definition) is 5. The van der Waals surface area contributed by atoms with Crippen LogP contribution in [0, 0.1) is 0 Å². The highest BCUT2D eigenvalue weighted by molar-refractivity contribution is 7.92. The first-order valence-corrected chi connectivity index (χ1v) is 10.3. The molecule has 0 bridgehead atoms. The van der Waals surface area contributed by atoms with Crippen molar-refractivity contribution in [3.63, 3.8) is 0 Å². The first-order chi connectivity index (χ1) is 11.8. The lowest BCUT2D eigenvalue weighted by atomic mass is 9.92. The first-order valence-electron chi connectivity index (χ1n) is 8.49. The van der Waals surface area contributed by atoms with Gasteiger partial charge in [0.25, 0.3) is 0 Å². The molecular weight excluding hydrogens is 344 g/mol. The van der Waals surface area contributed by atoms with Crippen molar-refractivity contribution in [2.24, 2.45) is 0 Å². The Morgan fingerprint density at radius 3 is 2.48 bits per heavy atom. The van der Waals surface area contributed by atoms with Gasteiger partial charge in [-0.25, -0.2) is 8.42 Å². The van der Waals surface area contributed by atoms with E-state index in [0.717, 1.165) is 23.4 Å². The third-order valence-corrected chi connectivity index (χ3v) is 5.34. The summed E-state index contributed by atoms with van der Waals surface area (Å²) in [5, 5.41) is 12.7. The third kappa shape index (κ3) is 5.61. The van der Waals surface area contributed by atoms with Crippen molar-refractivity contribution in [2.45, 2.75) is 44.8 Å². The fourth-order valence-corrected chi connectivity index (χ4v) is 3.79. The van der Waals surface area contributed by atoms with E-state index in [1.165, 1.54) is 0 Å². The molecule has 0 saturated heterocycles. The molecule has 7 nitrogen and oxygen atoms in total. The van der Waals surface area contributed by atoms with Crippen molar-refractivity contribution in [2.75, 3.05) is 23.7 Å². The molecule has 2 atom stereocenters. The number of aliphatic hydroxyl groups is 1. The second-order valence-electron chi connectivity index (χ2n) is 6.22. The number of carbonyl (C=O) groups is 1. The number of anilines is 1. The van der Waals surface area contributed by atoms with Gasteiger partial charge >= 0.3 is 0 Å². The largest absolute Gasteiger partial charge is 0.494 e. The molecule has 1 aliphatic rings. The molecule has 0 spiro atoms. The Balaban J connectivity index is 2.08. The Morgan fingerprint density at radius 2 is 1.92 bits per heavy atom. The number of rotatable bonds is 7. The summed E-state index contributed by atoms with van der Waals surface area (Å²) in [6.45, 7) is 2.05. The maximum Gasteiger partial charge on any atom is 0.241 e. The van der Waals surface area contributed by atoms with Gasteiger partial charge in [-0.15, -0.1) is 0 Å². The highest BCUT2D eigenvalue weighted by Gasteiger charge is 2.27. The van der Waals surface area contributed by atoms with E-state index in [0.29, 0.717) is 30.9 Å². The zero-order valence-electron chi connectivity index (χ0n) is 14.6. The summed E-state index contributed by atoms with van der Waals surface area (Å²) in [4.78, 5) is 12.3. The van der Waals surface area contributed by atoms with E-state index >= 15 is 0 Å². The number of nitrogens with zero attached hydrogens (tertiary/aromatic N) is 1. The summed E-state index contributed by atoms with van der Waals surface area (Å²) < 4.78 is 30.6. The van der Waals surface area contributed by atoms with Crippen LogP contribution in [-0.2, 0) is 14.8 Å². The number of benzene rings is 1. The van der Waals surface area contributed by atoms with Crippen LogP contribution in [0.4, 0.5) is 5.69 Å². The molecule has 0 aliphatic heterocycles. The maximum absolute atomic E-state index is 12.3. The smallest absolute Gasteiger partial charge is 0.241 e. The van der Waals surface area contributed by atoms with Crippen LogP contribution in [0.15, 0.2) is 24.3 Å². The minimum atomic E-state index is -3.62. The number of amides is 1. The molecule has 2 N–H and O–H groups in total. The van der Waals surface area contributed by atoms with Crippen LogP contribution < -0.4 is 14.4 Å². The van der Waals surface area contributed by atoms with E-state index in [4.69, 9.17) is 4.74 Å². The number of ether oxygens (including phenoxy) is 1. The predicted octanol–water partition coefficient (Wildman–Crippen LogP) is 1.27. The number of aliphatic hydroxyl groups excluding tert-OH is 1. The van der Waals surface area contributed by atoms with Gasteiger partial charge in [-0.05, 0) is 44.0 Å². The van der Waals surface area contributed by atoms with Gasteiger partial charge < -0.3 is 15.2 Å². The van der Waals surface area contributed by atoms with Gasteiger partial charge in [-0.2, -0.15) is 0 Å². The topological polar surface area (TPSA) is 95.9 Å². The molecule has 0 radical (unpaired) electrons. The molecule has 25 heavy (non-hydrogen) atoms. The molecule has 1 aromatic carbocycles. The summed E-state index contributed by atoms with van der Waals surface area (Å²) in [7, 11) is -3.62. The molecule has 2 rings (SSSR count). The number of hydrogen-bond donors (Lipinski definition) is 2. The molecule has 0 unspecified atom stereocenters. The highest BCUT2D eigenvalue weighted by atomic mass is 32.2. The number of sulfonamides is 1. The molecule has 1 saturated carbocycles. The van der Waals surface area contributed by atoms with Gasteiger partial charge in [-0.1, -0.05) is 12.8 Å². The fraction of sp³-hybridized carbons (Fsp3) is 0.588. The lowest BCUT2D eigenvalue weighted by Gasteiger charge is -2.29. The summed E-state index contributed by atoms with van der Waals surface area (Å²) in [6, 6.07) is 6.23. The maximum atomic E-state index is 12.3. The molecule has 1 amide bonds. The van der Waals surface area contributed by atoms with Crippen LogP contribution in [0.1, 0.15) is 32.6 Å². The molecule has 1 fully saturated rings. The molecule has 1 aromatic rings. The van der Waals surface area contributed by atoms with E-state index in [2.05, 4.69) is 5.32 Å². The summed E-state index contributed by atoms with van der Waals surface area (Å²) in [6.07, 6.45) is 3.72. The minimum Gasteiger partial charge on any atom is -0.494 e. The average Bonchev–Trinajstić information content (AvgIpc) is 2.55. The van der Waals surface area contributed by atoms with Crippen molar-refractivity contribution < 1.29 is 23.1 Å². The van der Waals surface area contributed by atoms with Crippen LogP contribution in [-0.4, -0.2) is 51.0 Å². The van der Waals surface area contributed by atoms with Crippen LogP contribution in [0.2, 0.25) is 0 Å². The second-order valence-corrected chi connectivity index (χ2v) is 8.13. The van der Waals surface area contributed by atoms with Gasteiger partial charge in [0.05, 0.1) is 30.7 Å². The Hall–Kier alpha value is -1.80. The van der Waals surface area contributed by atoms with E-state index in [1.807, 2.05) is 6.92 Å². The van der Waals surface area contributed by atoms with Crippen LogP contribution >= 0.6 is 0 Å². The summed E-state index contributed by atoms with van der Waals surface area (Å²) in [5.74, 6) is 0.208. The van der Waals surface area contributed by atoms with Gasteiger partial charge in [0.15, 0.2) is 0 Å². The average molecular weight is 370 g/mol. The molecule has 8 heteroatoms. The van der Waals surface area contributed by atoms with Crippen molar-refractivity contribution in [3.05, 3.63) is 24.3 Å². The lowest BCUT2D eigenvalue weighted by molar-refractivity contribution is -0.121. The SMILES string of the molecule is CCOc1ccc(N(CC(=O)N[C@@H]2CCCC[C@H]2O)S(C)(=O)=O)cc1. The fourth-order valence-electron chi connectivity index (χ4n) is 2.94. The Bertz CT molecular complexity index is 675. The normalized spacial score (nSPS) is 20.8. The van der Waals surface area contributed by atoms with Crippen molar-refractivity contribution in [1.82, 2.24) is 5.32 Å². The quantitative estimate of drug-likeness (QED) is 0.754. The summed E-state index contributed by atoms with van der Waals surface area (Å²) >= 11 is 0. The monoisotopic (exact) mass is 370 g/mol. The van der Waals surface area contributed by atoms with E-state index in [9.17, 15) is 18.3 Å². The van der Waals surface area contributed by atoms with Crippen LogP contribution in [0.25, 0.3) is 0 Å². The van der Waals surface area contributed by atoms with Gasteiger partial charge in [-0.3, -0.25) is 9.10 Å². The van der Waals surface area contributed by atoms with Crippen molar-refractivity contribution in [3.8, 4) is 5.75 Å². The zero-order valence-corrected chi connectivity index (χ0v) is 15.5. The molecule has 0 heterocycles. The van der Waals surface area contributed by atoms with Crippen molar-refractivity contribution in [1.29, 1.82) is 0 Å². The minimum absolute atomic E-state index is 0.317. The Morgan fingerprint density at radius 1 is 1.28 bits per heavy atom. The number of nitrogens with one attached hydrogen (secondary N) is 1. The molecule has 0 aromatic heterocycles. The summed E-state index contributed by atoms with van der Waals surface area (Å²) in [5.41, 5.74) is 0.394. The van der Waals surface area contributed by atoms with E-state index in [-0.39, 0.29) is 12.6 Å². The predicted molar refractivity (Wildman–Crippen MR) is 96.2 cm³/mol. The highest BCUT2D eigenvalue weighted by Crippen LogP contribution is 2.22. The van der Waals surface area contributed by atoms with Crippen LogP contribution in [0.3, 0.4) is 0 Å². The molecule has 1 aliphatic carbocycles. The zero-order chi connectivity index (χ0) is 18.4. The van der Waals surface area contributed by atoms with Gasteiger partial charge in [0, 0.05) is 0 Å². The van der Waals surface area contributed by atoms with Gasteiger partial charge in [0.1, 0.15) is 12.3 Å². The lowest BCUT2D eigenvalue weighted by Crippen LogP contribution is -2.49. The first kappa shape index (κ1) is 19.5. The van der Waals surface area contributed by atoms with Crippen LogP contribution in [0.5, 0.6) is 5.75 Å². The van der Waals surface area contributed by atoms with E-state index < -0.39 is 22.0 Å². The molecular formula is C17H26N2O5S. The van der Waals surface area contributed by atoms with Crippen molar-refractivity contribution >= 4 is 21.6 Å². The van der Waals surface area contributed by atoms with Gasteiger partial charge in [0.2, 0.25) is 15.9 Å². The Labute approximate surface area is 149 Å². The van der Waals surface area contributed by atoms with E-state index in [1.54, 1.807) is 24.3 Å². The second kappa shape index (κ2) is 8.53.